The Morgan fingerprint density at radius 1 is 1.30 bits per heavy atom. The number of carbonyl (C=O) groups is 1. The molecule has 0 radical (unpaired) electrons. The highest BCUT2D eigenvalue weighted by atomic mass is 35.5. The topological polar surface area (TPSA) is 75.9 Å². The lowest BCUT2D eigenvalue weighted by atomic mass is 9.95. The van der Waals surface area contributed by atoms with Crippen LogP contribution in [-0.2, 0) is 9.53 Å². The number of ether oxygens (including phenoxy) is 1. The molecule has 1 aromatic heterocycles. The van der Waals surface area contributed by atoms with Crippen LogP contribution in [0.4, 0.5) is 13.2 Å². The van der Waals surface area contributed by atoms with Gasteiger partial charge in [0.05, 0.1) is 25.4 Å². The second kappa shape index (κ2) is 10.2. The SMILES string of the molecule is COC(=O)C1=C(CSC2=NCCS2)NC(c2ncc(F)cc2F)=N[C@H]1c1ccc(F)cc1Cl. The third-order valence-corrected chi connectivity index (χ3v) is 7.32. The highest BCUT2D eigenvalue weighted by molar-refractivity contribution is 8.39. The molecule has 0 unspecified atom stereocenters. The number of pyridine rings is 1. The molecule has 2 aromatic rings. The van der Waals surface area contributed by atoms with Gasteiger partial charge >= 0.3 is 5.97 Å². The zero-order valence-electron chi connectivity index (χ0n) is 17.1. The average Bonchev–Trinajstić information content (AvgIpc) is 3.30. The fraction of sp³-hybridized carbons (Fsp3) is 0.238. The number of amidine groups is 1. The average molecular weight is 513 g/mol. The summed E-state index contributed by atoms with van der Waals surface area (Å²) in [6.45, 7) is 0.703. The van der Waals surface area contributed by atoms with Gasteiger partial charge in [0, 0.05) is 33.9 Å². The molecule has 4 rings (SSSR count). The molecular formula is C21H16ClF3N4O2S2. The molecule has 1 aromatic carbocycles. The Labute approximate surface area is 200 Å². The van der Waals surface area contributed by atoms with Crippen LogP contribution in [0.2, 0.25) is 5.02 Å². The number of hydrogen-bond donors (Lipinski definition) is 1. The van der Waals surface area contributed by atoms with Crippen LogP contribution in [0.1, 0.15) is 17.3 Å². The predicted octanol–water partition coefficient (Wildman–Crippen LogP) is 4.51. The number of esters is 1. The number of hydrogen-bond acceptors (Lipinski definition) is 8. The number of halogens is 4. The summed E-state index contributed by atoms with van der Waals surface area (Å²) < 4.78 is 47.5. The van der Waals surface area contributed by atoms with Crippen molar-refractivity contribution in [2.24, 2.45) is 9.98 Å². The van der Waals surface area contributed by atoms with Gasteiger partial charge in [0.2, 0.25) is 0 Å². The van der Waals surface area contributed by atoms with Crippen molar-refractivity contribution in [1.82, 2.24) is 10.3 Å². The van der Waals surface area contributed by atoms with Crippen molar-refractivity contribution in [3.63, 3.8) is 0 Å². The van der Waals surface area contributed by atoms with E-state index in [0.29, 0.717) is 23.9 Å². The highest BCUT2D eigenvalue weighted by Gasteiger charge is 2.34. The summed E-state index contributed by atoms with van der Waals surface area (Å²) in [5.41, 5.74) is 0.588. The summed E-state index contributed by atoms with van der Waals surface area (Å²) >= 11 is 9.26. The molecule has 3 heterocycles. The first-order valence-electron chi connectivity index (χ1n) is 9.60. The zero-order chi connectivity index (χ0) is 23.5. The Morgan fingerprint density at radius 3 is 2.79 bits per heavy atom. The van der Waals surface area contributed by atoms with Crippen molar-refractivity contribution in [3.05, 3.63) is 75.5 Å². The van der Waals surface area contributed by atoms with Gasteiger partial charge in [0.1, 0.15) is 27.7 Å². The molecule has 0 saturated heterocycles. The van der Waals surface area contributed by atoms with E-state index in [1.54, 1.807) is 11.8 Å². The minimum absolute atomic E-state index is 0.0258. The van der Waals surface area contributed by atoms with Gasteiger partial charge in [0.15, 0.2) is 11.7 Å². The van der Waals surface area contributed by atoms with Gasteiger partial charge in [-0.15, -0.1) is 0 Å². The number of nitrogens with zero attached hydrogens (tertiary/aromatic N) is 3. The van der Waals surface area contributed by atoms with Gasteiger partial charge in [0.25, 0.3) is 0 Å². The molecule has 6 nitrogen and oxygen atoms in total. The number of nitrogens with one attached hydrogen (secondary N) is 1. The summed E-state index contributed by atoms with van der Waals surface area (Å²) in [4.78, 5) is 25.5. The standard InChI is InChI=1S/C21H16ClF3N4O2S2/c1-31-20(30)16-15(9-33-21-26-4-5-32-21)28-19(18-14(25)7-11(24)8-27-18)29-17(16)12-3-2-10(23)6-13(12)22/h2-3,6-8,17H,4-5,9H2,1H3,(H,28,29)/t17-/m0/s1. The van der Waals surface area contributed by atoms with Gasteiger partial charge in [-0.05, 0) is 12.1 Å². The van der Waals surface area contributed by atoms with E-state index in [0.717, 1.165) is 22.4 Å². The van der Waals surface area contributed by atoms with Gasteiger partial charge in [-0.25, -0.2) is 22.9 Å². The monoisotopic (exact) mass is 512 g/mol. The molecule has 0 aliphatic carbocycles. The summed E-state index contributed by atoms with van der Waals surface area (Å²) in [5, 5.41) is 2.98. The van der Waals surface area contributed by atoms with E-state index < -0.39 is 29.5 Å². The molecule has 33 heavy (non-hydrogen) atoms. The number of rotatable bonds is 5. The smallest absolute Gasteiger partial charge is 0.338 e. The third kappa shape index (κ3) is 5.20. The summed E-state index contributed by atoms with van der Waals surface area (Å²) in [7, 11) is 1.22. The maximum atomic E-state index is 14.5. The minimum Gasteiger partial charge on any atom is -0.466 e. The second-order valence-electron chi connectivity index (χ2n) is 6.82. The molecule has 0 amide bonds. The first kappa shape index (κ1) is 23.7. The number of aromatic nitrogens is 1. The van der Waals surface area contributed by atoms with Crippen molar-refractivity contribution in [2.45, 2.75) is 6.04 Å². The molecule has 0 spiro atoms. The Hall–Kier alpha value is -2.50. The van der Waals surface area contributed by atoms with Gasteiger partial charge in [-0.1, -0.05) is 41.2 Å². The van der Waals surface area contributed by atoms with Gasteiger partial charge in [-0.2, -0.15) is 0 Å². The van der Waals surface area contributed by atoms with Crippen LogP contribution in [0, 0.1) is 17.5 Å². The number of carbonyl (C=O) groups excluding carboxylic acids is 1. The number of benzene rings is 1. The normalized spacial score (nSPS) is 18.0. The van der Waals surface area contributed by atoms with E-state index in [1.165, 1.54) is 31.0 Å². The molecule has 2 aliphatic heterocycles. The quantitative estimate of drug-likeness (QED) is 0.594. The summed E-state index contributed by atoms with van der Waals surface area (Å²) in [6, 6.07) is 3.32. The van der Waals surface area contributed by atoms with Crippen molar-refractivity contribution in [3.8, 4) is 0 Å². The summed E-state index contributed by atoms with van der Waals surface area (Å²) in [6.07, 6.45) is 0.861. The molecule has 0 saturated carbocycles. The lowest BCUT2D eigenvalue weighted by Crippen LogP contribution is -2.36. The Kier molecular flexibility index (Phi) is 7.30. The van der Waals surface area contributed by atoms with E-state index in [9.17, 15) is 18.0 Å². The van der Waals surface area contributed by atoms with Crippen LogP contribution in [0.25, 0.3) is 0 Å². The lowest BCUT2D eigenvalue weighted by molar-refractivity contribution is -0.136. The maximum Gasteiger partial charge on any atom is 0.338 e. The van der Waals surface area contributed by atoms with E-state index in [-0.39, 0.29) is 27.9 Å². The van der Waals surface area contributed by atoms with Crippen molar-refractivity contribution >= 4 is 51.3 Å². The zero-order valence-corrected chi connectivity index (χ0v) is 19.5. The Bertz CT molecular complexity index is 1210. The Morgan fingerprint density at radius 2 is 2.12 bits per heavy atom. The fourth-order valence-corrected chi connectivity index (χ4v) is 5.50. The molecule has 1 atom stereocenters. The summed E-state index contributed by atoms with van der Waals surface area (Å²) in [5.74, 6) is -1.93. The van der Waals surface area contributed by atoms with E-state index >= 15 is 0 Å². The van der Waals surface area contributed by atoms with Crippen LogP contribution in [-0.4, -0.2) is 46.3 Å². The molecule has 0 bridgehead atoms. The second-order valence-corrected chi connectivity index (χ2v) is 9.54. The molecule has 0 fully saturated rings. The third-order valence-electron chi connectivity index (χ3n) is 4.72. The maximum absolute atomic E-state index is 14.5. The highest BCUT2D eigenvalue weighted by Crippen LogP contribution is 2.37. The molecule has 12 heteroatoms. The van der Waals surface area contributed by atoms with Crippen LogP contribution in [0.3, 0.4) is 0 Å². The molecule has 2 aliphatic rings. The Balaban J connectivity index is 1.83. The molecule has 172 valence electrons. The van der Waals surface area contributed by atoms with E-state index in [1.807, 2.05) is 0 Å². The number of aliphatic imine (C=N–C) groups is 2. The first-order chi connectivity index (χ1) is 15.9. The van der Waals surface area contributed by atoms with Crippen LogP contribution >= 0.6 is 35.1 Å². The molecular weight excluding hydrogens is 497 g/mol. The van der Waals surface area contributed by atoms with Gasteiger partial charge < -0.3 is 10.1 Å². The van der Waals surface area contributed by atoms with Crippen LogP contribution < -0.4 is 5.32 Å². The molecule has 1 N–H and O–H groups in total. The number of thioether (sulfide) groups is 2. The van der Waals surface area contributed by atoms with Crippen molar-refractivity contribution in [1.29, 1.82) is 0 Å². The van der Waals surface area contributed by atoms with E-state index in [2.05, 4.69) is 20.3 Å². The minimum atomic E-state index is -1.04. The van der Waals surface area contributed by atoms with Crippen molar-refractivity contribution < 1.29 is 22.7 Å². The predicted molar refractivity (Wildman–Crippen MR) is 124 cm³/mol. The lowest BCUT2D eigenvalue weighted by Gasteiger charge is -2.27. The van der Waals surface area contributed by atoms with Crippen LogP contribution in [0.15, 0.2) is 51.7 Å². The largest absolute Gasteiger partial charge is 0.466 e. The van der Waals surface area contributed by atoms with Crippen LogP contribution in [0.5, 0.6) is 0 Å². The first-order valence-corrected chi connectivity index (χ1v) is 11.9. The van der Waals surface area contributed by atoms with Crippen molar-refractivity contribution in [2.75, 3.05) is 25.2 Å². The van der Waals surface area contributed by atoms with Gasteiger partial charge in [-0.3, -0.25) is 9.98 Å². The number of methoxy groups -OCH3 is 1. The van der Waals surface area contributed by atoms with E-state index in [4.69, 9.17) is 16.3 Å². The fourth-order valence-electron chi connectivity index (χ4n) is 3.25.